The second-order valence-corrected chi connectivity index (χ2v) is 8.97. The monoisotopic (exact) mass is 318 g/mol. The third-order valence-electron chi connectivity index (χ3n) is 3.15. The molecule has 2 rings (SSSR count). The third kappa shape index (κ3) is 2.52. The van der Waals surface area contributed by atoms with Crippen LogP contribution in [0.5, 0.6) is 0 Å². The fourth-order valence-corrected chi connectivity index (χ4v) is 3.07. The van der Waals surface area contributed by atoms with Crippen LogP contribution >= 0.6 is 23.6 Å². The molecule has 0 atom stereocenters. The molecule has 0 aliphatic carbocycles. The van der Waals surface area contributed by atoms with Crippen LogP contribution in [-0.4, -0.2) is 29.0 Å². The van der Waals surface area contributed by atoms with Crippen LogP contribution in [0.25, 0.3) is 10.2 Å². The fraction of sp³-hybridized carbons (Fsp3) is 0.455. The van der Waals surface area contributed by atoms with Crippen molar-refractivity contribution in [1.29, 1.82) is 0 Å². The van der Waals surface area contributed by atoms with Gasteiger partial charge in [0.15, 0.2) is 14.6 Å². The van der Waals surface area contributed by atoms with Gasteiger partial charge in [-0.3, -0.25) is 9.36 Å². The van der Waals surface area contributed by atoms with Crippen molar-refractivity contribution in [2.45, 2.75) is 25.1 Å². The van der Waals surface area contributed by atoms with E-state index in [0.717, 1.165) is 6.26 Å². The minimum Gasteiger partial charge on any atom is -0.323 e. The molecule has 2 heterocycles. The van der Waals surface area contributed by atoms with E-state index in [-0.39, 0.29) is 16.9 Å². The maximum absolute atomic E-state index is 12.3. The Morgan fingerprint density at radius 1 is 1.47 bits per heavy atom. The summed E-state index contributed by atoms with van der Waals surface area (Å²) in [5, 5.41) is 2.33. The van der Waals surface area contributed by atoms with Gasteiger partial charge in [0, 0.05) is 12.8 Å². The summed E-state index contributed by atoms with van der Waals surface area (Å²) < 4.78 is 24.0. The highest BCUT2D eigenvalue weighted by Gasteiger charge is 2.31. The molecular weight excluding hydrogens is 304 g/mol. The zero-order valence-corrected chi connectivity index (χ0v) is 13.2. The molecule has 0 unspecified atom stereocenters. The van der Waals surface area contributed by atoms with Gasteiger partial charge >= 0.3 is 0 Å². The second kappa shape index (κ2) is 4.53. The van der Waals surface area contributed by atoms with E-state index in [4.69, 9.17) is 12.2 Å². The van der Waals surface area contributed by atoms with Crippen LogP contribution in [0.2, 0.25) is 0 Å². The Morgan fingerprint density at radius 2 is 2.11 bits per heavy atom. The van der Waals surface area contributed by atoms with Crippen LogP contribution in [0.4, 0.5) is 0 Å². The lowest BCUT2D eigenvalue weighted by molar-refractivity contribution is 0.491. The van der Waals surface area contributed by atoms with E-state index in [1.165, 1.54) is 15.9 Å². The highest BCUT2D eigenvalue weighted by Crippen LogP contribution is 2.19. The van der Waals surface area contributed by atoms with Crippen LogP contribution in [0.15, 0.2) is 16.2 Å². The number of hydrogen-bond donors (Lipinski definition) is 1. The van der Waals surface area contributed by atoms with E-state index >= 15 is 0 Å². The van der Waals surface area contributed by atoms with Crippen LogP contribution in [0.3, 0.4) is 0 Å². The average molecular weight is 318 g/mol. The topological polar surface area (TPSA) is 71.9 Å². The Morgan fingerprint density at radius 3 is 2.68 bits per heavy atom. The molecule has 1 N–H and O–H groups in total. The number of aromatic amines is 1. The Balaban J connectivity index is 2.65. The predicted octanol–water partition coefficient (Wildman–Crippen LogP) is 1.94. The fourth-order valence-electron chi connectivity index (χ4n) is 1.62. The van der Waals surface area contributed by atoms with Crippen LogP contribution in [0.1, 0.15) is 13.8 Å². The van der Waals surface area contributed by atoms with Gasteiger partial charge in [-0.2, -0.15) is 0 Å². The minimum atomic E-state index is -3.29. The Labute approximate surface area is 119 Å². The largest absolute Gasteiger partial charge is 0.323 e. The number of fused-ring (bicyclic) bond motifs is 1. The summed E-state index contributed by atoms with van der Waals surface area (Å²) in [6.07, 6.45) is 1.16. The van der Waals surface area contributed by atoms with Crippen molar-refractivity contribution in [2.75, 3.05) is 6.26 Å². The Bertz CT molecular complexity index is 840. The molecule has 8 heteroatoms. The van der Waals surface area contributed by atoms with Crippen LogP contribution < -0.4 is 5.56 Å². The lowest BCUT2D eigenvalue weighted by Gasteiger charge is -2.23. The summed E-state index contributed by atoms with van der Waals surface area (Å²) in [7, 11) is -3.29. The molecule has 19 heavy (non-hydrogen) atoms. The molecule has 0 aromatic carbocycles. The van der Waals surface area contributed by atoms with E-state index in [0.29, 0.717) is 10.2 Å². The lowest BCUT2D eigenvalue weighted by atomic mass is 10.2. The molecular formula is C11H14N2O3S3. The highest BCUT2D eigenvalue weighted by molar-refractivity contribution is 7.92. The molecule has 104 valence electrons. The standard InChI is InChI=1S/C11H14N2O3S3/c1-11(2,19(3,15)16)6-13-9(14)7-4-5-18-8(7)12-10(13)17/h4-5H,6H2,1-3H3,(H,12,17). The predicted molar refractivity (Wildman–Crippen MR) is 80.2 cm³/mol. The summed E-state index contributed by atoms with van der Waals surface area (Å²) in [4.78, 5) is 16.0. The molecule has 5 nitrogen and oxygen atoms in total. The maximum Gasteiger partial charge on any atom is 0.263 e. The van der Waals surface area contributed by atoms with Gasteiger partial charge < -0.3 is 4.98 Å². The highest BCUT2D eigenvalue weighted by atomic mass is 32.2. The third-order valence-corrected chi connectivity index (χ3v) is 6.44. The number of nitrogens with zero attached hydrogens (tertiary/aromatic N) is 1. The van der Waals surface area contributed by atoms with E-state index in [1.807, 2.05) is 0 Å². The molecule has 0 bridgehead atoms. The van der Waals surface area contributed by atoms with Crippen LogP contribution in [0, 0.1) is 4.77 Å². The number of nitrogens with one attached hydrogen (secondary N) is 1. The van der Waals surface area contributed by atoms with Gasteiger partial charge in [0.2, 0.25) is 0 Å². The Hall–Kier alpha value is -0.990. The summed E-state index contributed by atoms with van der Waals surface area (Å²) in [6, 6.07) is 1.71. The number of H-pyrrole nitrogens is 1. The molecule has 2 aromatic heterocycles. The number of thiophene rings is 1. The van der Waals surface area contributed by atoms with E-state index in [1.54, 1.807) is 25.3 Å². The van der Waals surface area contributed by atoms with Gasteiger partial charge in [0.25, 0.3) is 5.56 Å². The molecule has 0 amide bonds. The molecule has 2 aromatic rings. The number of rotatable bonds is 3. The first-order chi connectivity index (χ1) is 8.63. The first-order valence-electron chi connectivity index (χ1n) is 5.53. The molecule has 0 saturated heterocycles. The van der Waals surface area contributed by atoms with E-state index in [9.17, 15) is 13.2 Å². The van der Waals surface area contributed by atoms with Gasteiger partial charge in [-0.15, -0.1) is 11.3 Å². The minimum absolute atomic E-state index is 0.0335. The van der Waals surface area contributed by atoms with Crippen LogP contribution in [-0.2, 0) is 16.4 Å². The SMILES string of the molecule is CC(C)(Cn1c(=S)[nH]c2sccc2c1=O)S(C)(=O)=O. The van der Waals surface area contributed by atoms with Crippen molar-refractivity contribution < 1.29 is 8.42 Å². The summed E-state index contributed by atoms with van der Waals surface area (Å²) in [6.45, 7) is 3.20. The molecule has 0 spiro atoms. The number of sulfone groups is 1. The number of aromatic nitrogens is 2. The summed E-state index contributed by atoms with van der Waals surface area (Å²) in [5.41, 5.74) is -0.253. The van der Waals surface area contributed by atoms with Crippen molar-refractivity contribution in [3.05, 3.63) is 26.6 Å². The van der Waals surface area contributed by atoms with E-state index in [2.05, 4.69) is 4.98 Å². The maximum atomic E-state index is 12.3. The van der Waals surface area contributed by atoms with Gasteiger partial charge in [-0.1, -0.05) is 0 Å². The summed E-state index contributed by atoms with van der Waals surface area (Å²) in [5.74, 6) is 0. The summed E-state index contributed by atoms with van der Waals surface area (Å²) >= 11 is 6.54. The van der Waals surface area contributed by atoms with E-state index < -0.39 is 14.6 Å². The van der Waals surface area contributed by atoms with Crippen molar-refractivity contribution in [1.82, 2.24) is 9.55 Å². The first-order valence-corrected chi connectivity index (χ1v) is 8.71. The van der Waals surface area contributed by atoms with Gasteiger partial charge in [-0.25, -0.2) is 8.42 Å². The zero-order valence-electron chi connectivity index (χ0n) is 10.8. The molecule has 0 radical (unpaired) electrons. The first kappa shape index (κ1) is 14.4. The lowest BCUT2D eigenvalue weighted by Crippen LogP contribution is -2.39. The van der Waals surface area contributed by atoms with Crippen molar-refractivity contribution in [2.24, 2.45) is 0 Å². The molecule has 0 aliphatic heterocycles. The van der Waals surface area contributed by atoms with Gasteiger partial charge in [0.1, 0.15) is 4.83 Å². The normalized spacial score (nSPS) is 13.0. The van der Waals surface area contributed by atoms with Crippen molar-refractivity contribution in [3.8, 4) is 0 Å². The molecule has 0 aliphatic rings. The molecule has 0 saturated carbocycles. The Kier molecular flexibility index (Phi) is 3.44. The second-order valence-electron chi connectivity index (χ2n) is 5.02. The average Bonchev–Trinajstić information content (AvgIpc) is 2.70. The molecule has 0 fully saturated rings. The smallest absolute Gasteiger partial charge is 0.263 e. The van der Waals surface area contributed by atoms with Gasteiger partial charge in [-0.05, 0) is 37.5 Å². The zero-order chi connectivity index (χ0) is 14.4. The van der Waals surface area contributed by atoms with Gasteiger partial charge in [0.05, 0.1) is 10.1 Å². The number of hydrogen-bond acceptors (Lipinski definition) is 5. The van der Waals surface area contributed by atoms with Crippen molar-refractivity contribution >= 4 is 43.6 Å². The quantitative estimate of drug-likeness (QED) is 0.878. The van der Waals surface area contributed by atoms with Crippen molar-refractivity contribution in [3.63, 3.8) is 0 Å².